The highest BCUT2D eigenvalue weighted by molar-refractivity contribution is 6.18. The topological polar surface area (TPSA) is 43.7 Å². The average Bonchev–Trinajstić information content (AvgIpc) is 2.30. The summed E-state index contributed by atoms with van der Waals surface area (Å²) in [6, 6.07) is 11.3. The molecule has 0 fully saturated rings. The second kappa shape index (κ2) is 7.48. The van der Waals surface area contributed by atoms with Gasteiger partial charge in [-0.2, -0.15) is 0 Å². The van der Waals surface area contributed by atoms with E-state index >= 15 is 0 Å². The summed E-state index contributed by atoms with van der Waals surface area (Å²) >= 11 is 5.55. The fourth-order valence-corrected chi connectivity index (χ4v) is 1.56. The van der Waals surface area contributed by atoms with Gasteiger partial charge in [-0.15, -0.1) is 11.6 Å². The number of rotatable bonds is 7. The first kappa shape index (κ1) is 13.3. The van der Waals surface area contributed by atoms with Crippen LogP contribution < -0.4 is 0 Å². The largest absolute Gasteiger partial charge is 0.395 e. The zero-order valence-electron chi connectivity index (χ0n) is 9.06. The van der Waals surface area contributed by atoms with E-state index in [1.54, 1.807) is 6.07 Å². The van der Waals surface area contributed by atoms with Crippen LogP contribution >= 0.6 is 11.6 Å². The van der Waals surface area contributed by atoms with Crippen LogP contribution in [0.1, 0.15) is 5.56 Å². The van der Waals surface area contributed by atoms with Gasteiger partial charge in [0.05, 0.1) is 12.7 Å². The SMILES string of the molecule is OCCN(Cc1cc#ccc1)C[C@H](O)CCl. The molecule has 1 rings (SSSR count). The number of halogens is 1. The van der Waals surface area contributed by atoms with Crippen molar-refractivity contribution in [1.29, 1.82) is 0 Å². The molecule has 1 aromatic carbocycles. The van der Waals surface area contributed by atoms with Gasteiger partial charge in [0.1, 0.15) is 0 Å². The van der Waals surface area contributed by atoms with Crippen molar-refractivity contribution in [2.45, 2.75) is 12.6 Å². The van der Waals surface area contributed by atoms with Gasteiger partial charge in [-0.05, 0) is 23.8 Å². The average molecular weight is 242 g/mol. The van der Waals surface area contributed by atoms with Crippen molar-refractivity contribution in [1.82, 2.24) is 4.90 Å². The van der Waals surface area contributed by atoms with Crippen LogP contribution in [0, 0.1) is 12.1 Å². The number of aliphatic hydroxyl groups is 2. The minimum Gasteiger partial charge on any atom is -0.395 e. The molecule has 0 aliphatic heterocycles. The van der Waals surface area contributed by atoms with E-state index in [1.807, 2.05) is 17.0 Å². The smallest absolute Gasteiger partial charge is 0.0802 e. The molecule has 0 spiro atoms. The van der Waals surface area contributed by atoms with E-state index < -0.39 is 6.10 Å². The Morgan fingerprint density at radius 2 is 2.25 bits per heavy atom. The van der Waals surface area contributed by atoms with Crippen LogP contribution in [0.4, 0.5) is 0 Å². The minimum atomic E-state index is -0.563. The van der Waals surface area contributed by atoms with Gasteiger partial charge in [-0.3, -0.25) is 4.90 Å². The summed E-state index contributed by atoms with van der Waals surface area (Å²) < 4.78 is 0. The van der Waals surface area contributed by atoms with E-state index in [2.05, 4.69) is 12.1 Å². The molecular formula is C12H16ClNO2. The zero-order valence-corrected chi connectivity index (χ0v) is 9.82. The molecule has 0 aromatic heterocycles. The summed E-state index contributed by atoms with van der Waals surface area (Å²) in [7, 11) is 0. The van der Waals surface area contributed by atoms with Crippen LogP contribution in [0.15, 0.2) is 18.2 Å². The molecule has 16 heavy (non-hydrogen) atoms. The molecule has 0 saturated heterocycles. The van der Waals surface area contributed by atoms with Gasteiger partial charge in [0.15, 0.2) is 0 Å². The first-order valence-electron chi connectivity index (χ1n) is 5.20. The van der Waals surface area contributed by atoms with Crippen LogP contribution in [-0.4, -0.2) is 46.8 Å². The Labute approximate surface area is 101 Å². The summed E-state index contributed by atoms with van der Waals surface area (Å²) in [4.78, 5) is 1.95. The van der Waals surface area contributed by atoms with E-state index in [0.29, 0.717) is 19.6 Å². The van der Waals surface area contributed by atoms with Gasteiger partial charge in [0.2, 0.25) is 0 Å². The third-order valence-electron chi connectivity index (χ3n) is 2.19. The molecule has 0 radical (unpaired) electrons. The maximum atomic E-state index is 9.46. The number of aliphatic hydroxyl groups excluding tert-OH is 2. The Kier molecular flexibility index (Phi) is 6.20. The maximum absolute atomic E-state index is 9.46. The van der Waals surface area contributed by atoms with Gasteiger partial charge in [0, 0.05) is 25.5 Å². The summed E-state index contributed by atoms with van der Waals surface area (Å²) in [5, 5.41) is 18.4. The molecule has 0 aliphatic rings. The minimum absolute atomic E-state index is 0.0671. The van der Waals surface area contributed by atoms with Gasteiger partial charge in [0.25, 0.3) is 0 Å². The first-order valence-corrected chi connectivity index (χ1v) is 5.73. The molecule has 0 bridgehead atoms. The molecule has 0 aliphatic carbocycles. The van der Waals surface area contributed by atoms with Crippen molar-refractivity contribution in [3.05, 3.63) is 35.9 Å². The highest BCUT2D eigenvalue weighted by Crippen LogP contribution is 2.03. The van der Waals surface area contributed by atoms with E-state index in [1.165, 1.54) is 0 Å². The fraction of sp³-hybridized carbons (Fsp3) is 0.500. The lowest BCUT2D eigenvalue weighted by molar-refractivity contribution is 0.109. The lowest BCUT2D eigenvalue weighted by Gasteiger charge is -2.23. The van der Waals surface area contributed by atoms with Crippen molar-refractivity contribution in [2.24, 2.45) is 0 Å². The number of hydrogen-bond acceptors (Lipinski definition) is 3. The first-order chi connectivity index (χ1) is 7.76. The number of alkyl halides is 1. The van der Waals surface area contributed by atoms with E-state index in [4.69, 9.17) is 16.7 Å². The quantitative estimate of drug-likeness (QED) is 0.690. The lowest BCUT2D eigenvalue weighted by atomic mass is 10.2. The molecular weight excluding hydrogens is 226 g/mol. The predicted molar refractivity (Wildman–Crippen MR) is 63.2 cm³/mol. The molecule has 0 heterocycles. The summed E-state index contributed by atoms with van der Waals surface area (Å²) in [6.45, 7) is 1.71. The Hall–Kier alpha value is -0.790. The van der Waals surface area contributed by atoms with Gasteiger partial charge >= 0.3 is 0 Å². The van der Waals surface area contributed by atoms with Crippen molar-refractivity contribution in [2.75, 3.05) is 25.6 Å². The Morgan fingerprint density at radius 1 is 1.44 bits per heavy atom. The van der Waals surface area contributed by atoms with Gasteiger partial charge < -0.3 is 10.2 Å². The van der Waals surface area contributed by atoms with Crippen molar-refractivity contribution >= 4 is 11.6 Å². The Bertz CT molecular complexity index is 282. The van der Waals surface area contributed by atoms with Crippen LogP contribution in [0.3, 0.4) is 0 Å². The van der Waals surface area contributed by atoms with Crippen LogP contribution in [0.25, 0.3) is 0 Å². The van der Waals surface area contributed by atoms with Crippen LogP contribution in [-0.2, 0) is 6.54 Å². The highest BCUT2D eigenvalue weighted by Gasteiger charge is 2.10. The second-order valence-corrected chi connectivity index (χ2v) is 3.92. The molecule has 0 amide bonds. The van der Waals surface area contributed by atoms with Crippen molar-refractivity contribution in [3.63, 3.8) is 0 Å². The summed E-state index contributed by atoms with van der Waals surface area (Å²) in [5.41, 5.74) is 1.08. The summed E-state index contributed by atoms with van der Waals surface area (Å²) in [5.74, 6) is 0.205. The van der Waals surface area contributed by atoms with E-state index in [-0.39, 0.29) is 12.5 Å². The maximum Gasteiger partial charge on any atom is 0.0802 e. The zero-order chi connectivity index (χ0) is 11.8. The Morgan fingerprint density at radius 3 is 2.81 bits per heavy atom. The van der Waals surface area contributed by atoms with Crippen LogP contribution in [0.2, 0.25) is 0 Å². The lowest BCUT2D eigenvalue weighted by Crippen LogP contribution is -2.34. The monoisotopic (exact) mass is 241 g/mol. The third-order valence-corrected chi connectivity index (χ3v) is 2.55. The third kappa shape index (κ3) is 4.82. The summed E-state index contributed by atoms with van der Waals surface area (Å²) in [6.07, 6.45) is -0.563. The molecule has 0 unspecified atom stereocenters. The number of nitrogens with zero attached hydrogens (tertiary/aromatic N) is 1. The van der Waals surface area contributed by atoms with Gasteiger partial charge in [-0.1, -0.05) is 12.1 Å². The predicted octanol–water partition coefficient (Wildman–Crippen LogP) is 0.681. The molecule has 4 heteroatoms. The molecule has 1 atom stereocenters. The molecule has 0 saturated carbocycles. The normalized spacial score (nSPS) is 12.5. The van der Waals surface area contributed by atoms with Crippen molar-refractivity contribution in [3.8, 4) is 0 Å². The Balaban J connectivity index is 2.50. The number of hydrogen-bond donors (Lipinski definition) is 2. The van der Waals surface area contributed by atoms with E-state index in [9.17, 15) is 5.11 Å². The van der Waals surface area contributed by atoms with Crippen molar-refractivity contribution < 1.29 is 10.2 Å². The fourth-order valence-electron chi connectivity index (χ4n) is 1.46. The molecule has 2 N–H and O–H groups in total. The second-order valence-electron chi connectivity index (χ2n) is 3.61. The van der Waals surface area contributed by atoms with Crippen LogP contribution in [0.5, 0.6) is 0 Å². The molecule has 88 valence electrons. The van der Waals surface area contributed by atoms with E-state index in [0.717, 1.165) is 5.56 Å². The standard InChI is InChI=1S/C12H16ClNO2/c13-8-12(16)10-14(6-7-15)9-11-4-2-1-3-5-11/h2,4-5,12,15-16H,6-10H2/t12-/m1/s1. The molecule has 1 aromatic rings. The highest BCUT2D eigenvalue weighted by atomic mass is 35.5. The van der Waals surface area contributed by atoms with Gasteiger partial charge in [-0.25, -0.2) is 0 Å². The molecule has 3 nitrogen and oxygen atoms in total.